The molecule has 2 aromatic heterocycles. The number of imidazole rings is 1. The topological polar surface area (TPSA) is 212 Å². The molecule has 0 aliphatic heterocycles. The third-order valence-corrected chi connectivity index (χ3v) is 11.8. The minimum atomic E-state index is -4.63. The Morgan fingerprint density at radius 1 is 0.863 bits per heavy atom. The average Bonchev–Trinajstić information content (AvgIpc) is 3.69. The van der Waals surface area contributed by atoms with E-state index in [1.807, 2.05) is 18.2 Å². The maximum absolute atomic E-state index is 14.6. The maximum atomic E-state index is 14.6. The van der Waals surface area contributed by atoms with Crippen LogP contribution in [0.15, 0.2) is 88.7 Å². The van der Waals surface area contributed by atoms with Crippen molar-refractivity contribution in [1.82, 2.24) is 34.5 Å². The summed E-state index contributed by atoms with van der Waals surface area (Å²) in [6.07, 6.45) is 0. The van der Waals surface area contributed by atoms with E-state index >= 15 is 0 Å². The number of hydrogen-bond donors (Lipinski definition) is 3. The summed E-state index contributed by atoms with van der Waals surface area (Å²) >= 11 is 0. The highest BCUT2D eigenvalue weighted by atomic mass is 32.2. The van der Waals surface area contributed by atoms with Gasteiger partial charge in [-0.2, -0.15) is 4.80 Å². The molecule has 0 aliphatic rings. The monoisotopic (exact) mass is 731 g/mol. The number of aromatic nitrogens is 6. The highest BCUT2D eigenvalue weighted by Gasteiger charge is 2.35. The third-order valence-electron chi connectivity index (χ3n) is 8.23. The molecule has 51 heavy (non-hydrogen) atoms. The number of sulfonamides is 1. The van der Waals surface area contributed by atoms with Gasteiger partial charge in [-0.1, -0.05) is 42.5 Å². The number of fused-ring (bicyclic) bond motifs is 1. The summed E-state index contributed by atoms with van der Waals surface area (Å²) < 4.78 is 71.8. The zero-order valence-corrected chi connectivity index (χ0v) is 29.9. The van der Waals surface area contributed by atoms with Crippen LogP contribution in [0.3, 0.4) is 0 Å². The SMILES string of the molecule is COc1ccc(CNS(=O)(=O)c2c(S(=O)(=O)C[C@@H](C)N)ccc(-c3cccc4c3nc(N)n4C)c2-c2nnn(Cc3ccc(OC)cc3)n2)cc1. The van der Waals surface area contributed by atoms with Crippen LogP contribution in [-0.2, 0) is 40.0 Å². The van der Waals surface area contributed by atoms with Gasteiger partial charge >= 0.3 is 0 Å². The van der Waals surface area contributed by atoms with Crippen LogP contribution in [0.25, 0.3) is 33.5 Å². The average molecular weight is 732 g/mol. The van der Waals surface area contributed by atoms with Crippen molar-refractivity contribution in [3.8, 4) is 34.0 Å². The van der Waals surface area contributed by atoms with Gasteiger partial charge in [-0.05, 0) is 65.2 Å². The highest BCUT2D eigenvalue weighted by Crippen LogP contribution is 2.42. The lowest BCUT2D eigenvalue weighted by Gasteiger charge is -2.19. The summed E-state index contributed by atoms with van der Waals surface area (Å²) in [6.45, 7) is 1.55. The van der Waals surface area contributed by atoms with Gasteiger partial charge in [-0.15, -0.1) is 10.2 Å². The molecule has 6 rings (SSSR count). The normalized spacial score (nSPS) is 12.6. The number of anilines is 1. The predicted molar refractivity (Wildman–Crippen MR) is 192 cm³/mol. The molecule has 4 aromatic carbocycles. The van der Waals surface area contributed by atoms with Crippen molar-refractivity contribution < 1.29 is 26.3 Å². The van der Waals surface area contributed by atoms with Gasteiger partial charge in [0.1, 0.15) is 16.4 Å². The fourth-order valence-electron chi connectivity index (χ4n) is 5.71. The van der Waals surface area contributed by atoms with Crippen molar-refractivity contribution in [1.29, 1.82) is 0 Å². The quantitative estimate of drug-likeness (QED) is 0.156. The molecule has 0 radical (unpaired) electrons. The van der Waals surface area contributed by atoms with Crippen LogP contribution in [0, 0.1) is 0 Å². The van der Waals surface area contributed by atoms with E-state index < -0.39 is 41.4 Å². The first-order valence-corrected chi connectivity index (χ1v) is 18.8. The number of nitrogen functional groups attached to an aromatic ring is 1. The number of sulfone groups is 1. The number of nitrogens with two attached hydrogens (primary N) is 2. The summed E-state index contributed by atoms with van der Waals surface area (Å²) in [5.74, 6) is 0.849. The zero-order valence-electron chi connectivity index (χ0n) is 28.3. The molecule has 1 atom stereocenters. The molecule has 15 nitrogen and oxygen atoms in total. The molecule has 0 aliphatic carbocycles. The van der Waals surface area contributed by atoms with Crippen LogP contribution in [0.1, 0.15) is 18.1 Å². The molecular weight excluding hydrogens is 695 g/mol. The fraction of sp³-hybridized carbons (Fsp3) is 0.235. The van der Waals surface area contributed by atoms with Gasteiger partial charge in [0.25, 0.3) is 0 Å². The number of rotatable bonds is 13. The van der Waals surface area contributed by atoms with E-state index in [2.05, 4.69) is 25.1 Å². The fourth-order valence-corrected chi connectivity index (χ4v) is 9.25. The molecular formula is C34H37N9O6S2. The van der Waals surface area contributed by atoms with E-state index in [-0.39, 0.29) is 30.4 Å². The van der Waals surface area contributed by atoms with Crippen LogP contribution in [0.4, 0.5) is 5.95 Å². The molecule has 2 heterocycles. The summed E-state index contributed by atoms with van der Waals surface area (Å²) in [5, 5.41) is 13.1. The van der Waals surface area contributed by atoms with Gasteiger partial charge in [0.05, 0.1) is 48.0 Å². The molecule has 17 heteroatoms. The Bertz CT molecular complexity index is 2430. The van der Waals surface area contributed by atoms with Crippen molar-refractivity contribution in [2.45, 2.75) is 35.8 Å². The van der Waals surface area contributed by atoms with Crippen molar-refractivity contribution in [2.24, 2.45) is 12.8 Å². The number of nitrogens with one attached hydrogen (secondary N) is 1. The number of ether oxygens (including phenoxy) is 2. The molecule has 0 saturated heterocycles. The lowest BCUT2D eigenvalue weighted by Crippen LogP contribution is -2.30. The van der Waals surface area contributed by atoms with E-state index in [0.29, 0.717) is 39.2 Å². The second kappa shape index (κ2) is 14.1. The Hall–Kier alpha value is -5.36. The molecule has 0 fully saturated rings. The molecule has 0 saturated carbocycles. The Morgan fingerprint density at radius 2 is 1.51 bits per heavy atom. The standard InChI is InChI=1S/C34H37N9O6S2/c1-21(35)20-50(44,45)29-17-16-26(27-6-5-7-28-31(27)38-34(36)42(28)2)30(32(29)51(46,47)37-18-22-8-12-24(48-3)13-9-22)33-39-41-43(40-33)19-23-10-14-25(49-4)15-11-23/h5-17,21,37H,18-20,35H2,1-4H3,(H2,36,38)/t21-/m1/s1. The Morgan fingerprint density at radius 3 is 2.14 bits per heavy atom. The van der Waals surface area contributed by atoms with Gasteiger partial charge < -0.3 is 25.5 Å². The number of aryl methyl sites for hydroxylation is 1. The molecule has 266 valence electrons. The molecule has 6 aromatic rings. The zero-order chi connectivity index (χ0) is 36.5. The Kier molecular flexibility index (Phi) is 9.81. The Labute approximate surface area is 295 Å². The second-order valence-electron chi connectivity index (χ2n) is 11.9. The number of benzene rings is 4. The van der Waals surface area contributed by atoms with Crippen molar-refractivity contribution in [2.75, 3.05) is 25.7 Å². The number of para-hydroxylation sites is 1. The number of tetrazole rings is 1. The van der Waals surface area contributed by atoms with Crippen LogP contribution in [0.5, 0.6) is 11.5 Å². The number of nitrogens with zero attached hydrogens (tertiary/aromatic N) is 6. The largest absolute Gasteiger partial charge is 0.497 e. The van der Waals surface area contributed by atoms with Crippen molar-refractivity contribution >= 4 is 36.8 Å². The minimum Gasteiger partial charge on any atom is -0.497 e. The number of methoxy groups -OCH3 is 2. The first kappa shape index (κ1) is 35.5. The van der Waals surface area contributed by atoms with E-state index in [1.165, 1.54) is 31.0 Å². The van der Waals surface area contributed by atoms with Crippen molar-refractivity contribution in [3.63, 3.8) is 0 Å². The molecule has 0 bridgehead atoms. The lowest BCUT2D eigenvalue weighted by molar-refractivity contribution is 0.414. The van der Waals surface area contributed by atoms with E-state index in [9.17, 15) is 16.8 Å². The smallest absolute Gasteiger partial charge is 0.242 e. The minimum absolute atomic E-state index is 0.0827. The van der Waals surface area contributed by atoms with Gasteiger partial charge in [0, 0.05) is 25.2 Å². The summed E-state index contributed by atoms with van der Waals surface area (Å²) in [4.78, 5) is 4.85. The first-order valence-electron chi connectivity index (χ1n) is 15.7. The lowest BCUT2D eigenvalue weighted by atomic mass is 9.98. The second-order valence-corrected chi connectivity index (χ2v) is 15.6. The predicted octanol–water partition coefficient (Wildman–Crippen LogP) is 3.14. The van der Waals surface area contributed by atoms with Crippen LogP contribution in [-0.4, -0.2) is 72.6 Å². The molecule has 0 unspecified atom stereocenters. The summed E-state index contributed by atoms with van der Waals surface area (Å²) in [5.41, 5.74) is 15.4. The third kappa shape index (κ3) is 7.27. The van der Waals surface area contributed by atoms with Gasteiger partial charge in [-0.3, -0.25) is 0 Å². The van der Waals surface area contributed by atoms with Crippen LogP contribution < -0.4 is 25.7 Å². The van der Waals surface area contributed by atoms with Gasteiger partial charge in [-0.25, -0.2) is 26.5 Å². The molecule has 0 amide bonds. The van der Waals surface area contributed by atoms with Crippen LogP contribution >= 0.6 is 0 Å². The van der Waals surface area contributed by atoms with Gasteiger partial charge in [0.15, 0.2) is 9.84 Å². The first-order chi connectivity index (χ1) is 24.3. The molecule has 5 N–H and O–H groups in total. The van der Waals surface area contributed by atoms with E-state index in [4.69, 9.17) is 20.9 Å². The van der Waals surface area contributed by atoms with Crippen LogP contribution in [0.2, 0.25) is 0 Å². The van der Waals surface area contributed by atoms with Gasteiger partial charge in [0.2, 0.25) is 21.8 Å². The number of hydrogen-bond acceptors (Lipinski definition) is 12. The Balaban J connectivity index is 1.59. The maximum Gasteiger partial charge on any atom is 0.242 e. The highest BCUT2D eigenvalue weighted by molar-refractivity contribution is 7.93. The summed E-state index contributed by atoms with van der Waals surface area (Å²) in [6, 6.07) is 21.4. The van der Waals surface area contributed by atoms with E-state index in [0.717, 1.165) is 5.56 Å². The molecule has 0 spiro atoms. The van der Waals surface area contributed by atoms with E-state index in [1.54, 1.807) is 67.3 Å². The van der Waals surface area contributed by atoms with Crippen molar-refractivity contribution in [3.05, 3.63) is 90.0 Å². The summed E-state index contributed by atoms with van der Waals surface area (Å²) in [7, 11) is -4.07.